The first-order valence-electron chi connectivity index (χ1n) is 4.93. The molecule has 2 N–H and O–H groups in total. The van der Waals surface area contributed by atoms with Crippen LogP contribution >= 0.6 is 11.8 Å². The first-order valence-corrected chi connectivity index (χ1v) is 5.81. The fourth-order valence-corrected chi connectivity index (χ4v) is 2.73. The predicted octanol–water partition coefficient (Wildman–Crippen LogP) is 2.07. The van der Waals surface area contributed by atoms with Gasteiger partial charge in [-0.3, -0.25) is 4.68 Å². The Bertz CT molecular complexity index is 542. The van der Waals surface area contributed by atoms with Gasteiger partial charge in [-0.05, 0) is 23.6 Å². The Morgan fingerprint density at radius 2 is 2.33 bits per heavy atom. The SMILES string of the molecule is NCCn1nc2cccc3c2c1C=CS3. The molecule has 2 aromatic rings. The van der Waals surface area contributed by atoms with Gasteiger partial charge in [0.25, 0.3) is 0 Å². The van der Waals surface area contributed by atoms with E-state index in [2.05, 4.69) is 28.7 Å². The van der Waals surface area contributed by atoms with E-state index < -0.39 is 0 Å². The van der Waals surface area contributed by atoms with Crippen molar-refractivity contribution in [1.82, 2.24) is 9.78 Å². The fraction of sp³-hybridized carbons (Fsp3) is 0.182. The third kappa shape index (κ3) is 1.29. The van der Waals surface area contributed by atoms with Crippen molar-refractivity contribution in [2.24, 2.45) is 5.73 Å². The molecule has 0 amide bonds. The summed E-state index contributed by atoms with van der Waals surface area (Å²) in [6.45, 7) is 1.40. The standard InChI is InChI=1S/C11H11N3S/c12-5-6-14-9-4-7-15-10-3-1-2-8(13-14)11(9)10/h1-4,7H,5-6,12H2. The predicted molar refractivity (Wildman–Crippen MR) is 63.7 cm³/mol. The number of thioether (sulfide) groups is 1. The Hall–Kier alpha value is -1.26. The summed E-state index contributed by atoms with van der Waals surface area (Å²) in [5, 5.41) is 7.91. The first kappa shape index (κ1) is 9.00. The van der Waals surface area contributed by atoms with Gasteiger partial charge in [-0.1, -0.05) is 17.8 Å². The zero-order valence-electron chi connectivity index (χ0n) is 8.18. The molecule has 1 aromatic carbocycles. The molecule has 0 unspecified atom stereocenters. The summed E-state index contributed by atoms with van der Waals surface area (Å²) >= 11 is 1.75. The molecule has 2 heterocycles. The molecule has 0 spiro atoms. The van der Waals surface area contributed by atoms with Crippen molar-refractivity contribution in [2.75, 3.05) is 6.54 Å². The third-order valence-corrected chi connectivity index (χ3v) is 3.40. The Morgan fingerprint density at radius 3 is 3.20 bits per heavy atom. The molecule has 3 rings (SSSR count). The highest BCUT2D eigenvalue weighted by Gasteiger charge is 2.14. The monoisotopic (exact) mass is 217 g/mol. The molecule has 0 saturated heterocycles. The van der Waals surface area contributed by atoms with E-state index in [4.69, 9.17) is 5.73 Å². The van der Waals surface area contributed by atoms with E-state index in [9.17, 15) is 0 Å². The molecule has 1 aromatic heterocycles. The zero-order chi connectivity index (χ0) is 10.3. The number of aromatic nitrogens is 2. The van der Waals surface area contributed by atoms with Crippen LogP contribution in [-0.2, 0) is 6.54 Å². The summed E-state index contributed by atoms with van der Waals surface area (Å²) < 4.78 is 1.99. The largest absolute Gasteiger partial charge is 0.329 e. The van der Waals surface area contributed by atoms with E-state index in [1.807, 2.05) is 10.7 Å². The van der Waals surface area contributed by atoms with Crippen LogP contribution in [0.4, 0.5) is 0 Å². The molecule has 15 heavy (non-hydrogen) atoms. The molecule has 0 atom stereocenters. The highest BCUT2D eigenvalue weighted by molar-refractivity contribution is 8.02. The maximum absolute atomic E-state index is 5.57. The highest BCUT2D eigenvalue weighted by atomic mass is 32.2. The number of benzene rings is 1. The van der Waals surface area contributed by atoms with Crippen LogP contribution in [0.3, 0.4) is 0 Å². The van der Waals surface area contributed by atoms with Gasteiger partial charge in [0.15, 0.2) is 0 Å². The van der Waals surface area contributed by atoms with E-state index in [1.165, 1.54) is 16.0 Å². The molecule has 1 aliphatic heterocycles. The van der Waals surface area contributed by atoms with Gasteiger partial charge >= 0.3 is 0 Å². The Balaban J connectivity index is 2.33. The quantitative estimate of drug-likeness (QED) is 0.837. The number of hydrogen-bond donors (Lipinski definition) is 1. The van der Waals surface area contributed by atoms with Crippen LogP contribution in [0.15, 0.2) is 28.5 Å². The van der Waals surface area contributed by atoms with Gasteiger partial charge in [-0.2, -0.15) is 5.10 Å². The minimum Gasteiger partial charge on any atom is -0.329 e. The van der Waals surface area contributed by atoms with Crippen LogP contribution in [0.2, 0.25) is 0 Å². The number of nitrogens with zero attached hydrogens (tertiary/aromatic N) is 2. The number of hydrogen-bond acceptors (Lipinski definition) is 3. The topological polar surface area (TPSA) is 43.8 Å². The summed E-state index contributed by atoms with van der Waals surface area (Å²) in [7, 11) is 0. The van der Waals surface area contributed by atoms with E-state index in [1.54, 1.807) is 11.8 Å². The second-order valence-corrected chi connectivity index (χ2v) is 4.42. The van der Waals surface area contributed by atoms with Gasteiger partial charge < -0.3 is 5.73 Å². The van der Waals surface area contributed by atoms with Crippen LogP contribution in [0, 0.1) is 0 Å². The maximum atomic E-state index is 5.57. The first-order chi connectivity index (χ1) is 7.40. The van der Waals surface area contributed by atoms with Crippen LogP contribution in [0.1, 0.15) is 5.69 Å². The molecule has 3 nitrogen and oxygen atoms in total. The van der Waals surface area contributed by atoms with Crippen molar-refractivity contribution < 1.29 is 0 Å². The molecule has 0 bridgehead atoms. The Labute approximate surface area is 91.9 Å². The molecule has 76 valence electrons. The van der Waals surface area contributed by atoms with Crippen molar-refractivity contribution in [1.29, 1.82) is 0 Å². The second-order valence-electron chi connectivity index (χ2n) is 3.47. The van der Waals surface area contributed by atoms with Crippen molar-refractivity contribution in [3.05, 3.63) is 29.3 Å². The van der Waals surface area contributed by atoms with Crippen LogP contribution in [-0.4, -0.2) is 16.3 Å². The zero-order valence-corrected chi connectivity index (χ0v) is 9.00. The van der Waals surface area contributed by atoms with E-state index in [0.29, 0.717) is 6.54 Å². The smallest absolute Gasteiger partial charge is 0.0941 e. The average molecular weight is 217 g/mol. The lowest BCUT2D eigenvalue weighted by Crippen LogP contribution is -2.12. The van der Waals surface area contributed by atoms with Gasteiger partial charge in [-0.25, -0.2) is 0 Å². The molecule has 0 fully saturated rings. The van der Waals surface area contributed by atoms with E-state index in [-0.39, 0.29) is 0 Å². The van der Waals surface area contributed by atoms with Crippen LogP contribution in [0.25, 0.3) is 17.0 Å². The van der Waals surface area contributed by atoms with Crippen molar-refractivity contribution in [3.63, 3.8) is 0 Å². The van der Waals surface area contributed by atoms with E-state index in [0.717, 1.165) is 12.1 Å². The van der Waals surface area contributed by atoms with Gasteiger partial charge in [0.05, 0.1) is 17.8 Å². The summed E-state index contributed by atoms with van der Waals surface area (Å²) in [5.74, 6) is 0. The van der Waals surface area contributed by atoms with Crippen LogP contribution < -0.4 is 5.73 Å². The van der Waals surface area contributed by atoms with Crippen molar-refractivity contribution >= 4 is 28.7 Å². The lowest BCUT2D eigenvalue weighted by Gasteiger charge is -2.07. The fourth-order valence-electron chi connectivity index (χ4n) is 1.91. The lowest BCUT2D eigenvalue weighted by molar-refractivity contribution is 0.626. The van der Waals surface area contributed by atoms with Crippen molar-refractivity contribution in [3.8, 4) is 0 Å². The number of nitrogens with two attached hydrogens (primary N) is 1. The minimum atomic E-state index is 0.622. The molecule has 0 aliphatic carbocycles. The lowest BCUT2D eigenvalue weighted by atomic mass is 10.2. The number of rotatable bonds is 2. The Kier molecular flexibility index (Phi) is 2.04. The van der Waals surface area contributed by atoms with Gasteiger partial charge in [0, 0.05) is 16.8 Å². The summed E-state index contributed by atoms with van der Waals surface area (Å²) in [6, 6.07) is 6.23. The third-order valence-electron chi connectivity index (χ3n) is 2.53. The molecule has 4 heteroatoms. The normalized spacial score (nSPS) is 13.7. The maximum Gasteiger partial charge on any atom is 0.0941 e. The molecule has 0 saturated carbocycles. The summed E-state index contributed by atoms with van der Waals surface area (Å²) in [6.07, 6.45) is 2.11. The van der Waals surface area contributed by atoms with Gasteiger partial charge in [-0.15, -0.1) is 0 Å². The van der Waals surface area contributed by atoms with Gasteiger partial charge in [0.1, 0.15) is 0 Å². The molecule has 0 radical (unpaired) electrons. The second kappa shape index (κ2) is 3.40. The molecule has 1 aliphatic rings. The Morgan fingerprint density at radius 1 is 1.40 bits per heavy atom. The molecular formula is C11H11N3S. The average Bonchev–Trinajstić information content (AvgIpc) is 2.61. The minimum absolute atomic E-state index is 0.622. The summed E-state index contributed by atoms with van der Waals surface area (Å²) in [4.78, 5) is 1.29. The van der Waals surface area contributed by atoms with Crippen molar-refractivity contribution in [2.45, 2.75) is 11.4 Å². The van der Waals surface area contributed by atoms with Gasteiger partial charge in [0.2, 0.25) is 0 Å². The molecular weight excluding hydrogens is 206 g/mol. The highest BCUT2D eigenvalue weighted by Crippen LogP contribution is 2.35. The summed E-state index contributed by atoms with van der Waals surface area (Å²) in [5.41, 5.74) is 7.82. The van der Waals surface area contributed by atoms with E-state index >= 15 is 0 Å². The van der Waals surface area contributed by atoms with Crippen LogP contribution in [0.5, 0.6) is 0 Å².